The Kier molecular flexibility index (Phi) is 6.57. The number of ketones is 1. The fraction of sp³-hybridized carbons (Fsp3) is 0.500. The largest absolute Gasteiger partial charge is 0.492 e. The molecule has 0 saturated carbocycles. The summed E-state index contributed by atoms with van der Waals surface area (Å²) in [5.74, 6) is 0.284. The summed E-state index contributed by atoms with van der Waals surface area (Å²) < 4.78 is 9.94. The molecule has 5 heteroatoms. The molecule has 0 spiro atoms. The first-order valence-corrected chi connectivity index (χ1v) is 6.31. The molecule has 0 amide bonds. The van der Waals surface area contributed by atoms with Crippen molar-refractivity contribution in [2.24, 2.45) is 0 Å². The van der Waals surface area contributed by atoms with Crippen molar-refractivity contribution in [3.63, 3.8) is 0 Å². The van der Waals surface area contributed by atoms with Gasteiger partial charge in [-0.2, -0.15) is 0 Å². The molecule has 0 N–H and O–H groups in total. The van der Waals surface area contributed by atoms with E-state index in [1.165, 1.54) is 7.11 Å². The van der Waals surface area contributed by atoms with E-state index in [0.29, 0.717) is 12.4 Å². The third kappa shape index (κ3) is 5.99. The molecule has 0 aliphatic rings. The third-order valence-corrected chi connectivity index (χ3v) is 2.48. The Bertz CT molecular complexity index is 431. The maximum atomic E-state index is 11.7. The van der Waals surface area contributed by atoms with E-state index in [4.69, 9.17) is 4.74 Å². The second kappa shape index (κ2) is 8.24. The van der Waals surface area contributed by atoms with Crippen molar-refractivity contribution < 1.29 is 19.1 Å². The van der Waals surface area contributed by atoms with Gasteiger partial charge in [0, 0.05) is 19.0 Å². The zero-order chi connectivity index (χ0) is 14.1. The van der Waals surface area contributed by atoms with Gasteiger partial charge in [0.15, 0.2) is 0 Å². The van der Waals surface area contributed by atoms with Crippen molar-refractivity contribution in [2.45, 2.75) is 32.6 Å². The zero-order valence-electron chi connectivity index (χ0n) is 11.3. The predicted octanol–water partition coefficient (Wildman–Crippen LogP) is 1.94. The average molecular weight is 265 g/mol. The zero-order valence-corrected chi connectivity index (χ0v) is 11.3. The molecule has 19 heavy (non-hydrogen) atoms. The van der Waals surface area contributed by atoms with Gasteiger partial charge in [0.05, 0.1) is 26.3 Å². The molecule has 1 aromatic heterocycles. The summed E-state index contributed by atoms with van der Waals surface area (Å²) in [5.41, 5.74) is 0.795. The van der Waals surface area contributed by atoms with Crippen LogP contribution in [-0.4, -0.2) is 30.5 Å². The van der Waals surface area contributed by atoms with Crippen LogP contribution < -0.4 is 4.74 Å². The molecule has 0 unspecified atom stereocenters. The van der Waals surface area contributed by atoms with Crippen LogP contribution in [0.1, 0.15) is 31.7 Å². The molecular formula is C14H19NO4. The number of methoxy groups -OCH3 is 1. The fourth-order valence-electron chi connectivity index (χ4n) is 1.52. The Morgan fingerprint density at radius 1 is 1.26 bits per heavy atom. The first kappa shape index (κ1) is 15.1. The molecule has 1 heterocycles. The van der Waals surface area contributed by atoms with Crippen molar-refractivity contribution in [1.82, 2.24) is 4.98 Å². The van der Waals surface area contributed by atoms with Crippen molar-refractivity contribution in [2.75, 3.05) is 13.7 Å². The van der Waals surface area contributed by atoms with Gasteiger partial charge in [0.1, 0.15) is 11.5 Å². The van der Waals surface area contributed by atoms with Crippen molar-refractivity contribution in [3.05, 3.63) is 24.0 Å². The molecule has 104 valence electrons. The highest BCUT2D eigenvalue weighted by molar-refractivity contribution is 5.84. The lowest BCUT2D eigenvalue weighted by molar-refractivity contribution is -0.141. The summed E-state index contributed by atoms with van der Waals surface area (Å²) in [6, 6.07) is 1.80. The van der Waals surface area contributed by atoms with E-state index in [9.17, 15) is 9.59 Å². The van der Waals surface area contributed by atoms with Gasteiger partial charge in [-0.15, -0.1) is 0 Å². The highest BCUT2D eigenvalue weighted by Crippen LogP contribution is 2.13. The summed E-state index contributed by atoms with van der Waals surface area (Å²) >= 11 is 0. The topological polar surface area (TPSA) is 65.5 Å². The minimum absolute atomic E-state index is 0.0140. The molecule has 0 bridgehead atoms. The van der Waals surface area contributed by atoms with E-state index in [1.807, 2.05) is 6.92 Å². The van der Waals surface area contributed by atoms with Gasteiger partial charge in [-0.25, -0.2) is 0 Å². The van der Waals surface area contributed by atoms with Gasteiger partial charge < -0.3 is 9.47 Å². The number of rotatable bonds is 8. The Labute approximate surface area is 112 Å². The van der Waals surface area contributed by atoms with Crippen LogP contribution in [0.4, 0.5) is 0 Å². The molecule has 0 fully saturated rings. The molecule has 1 aromatic rings. The number of carbonyl (C=O) groups excluding carboxylic acids is 2. The van der Waals surface area contributed by atoms with Gasteiger partial charge in [-0.05, 0) is 18.1 Å². The number of esters is 1. The lowest BCUT2D eigenvalue weighted by Crippen LogP contribution is -2.08. The molecule has 0 aliphatic heterocycles. The number of pyridine rings is 1. The number of nitrogens with zero attached hydrogens (tertiary/aromatic N) is 1. The van der Waals surface area contributed by atoms with Crippen molar-refractivity contribution in [3.8, 4) is 5.75 Å². The summed E-state index contributed by atoms with van der Waals surface area (Å²) in [5, 5.41) is 0. The number of ether oxygens (including phenoxy) is 2. The minimum atomic E-state index is -0.369. The summed E-state index contributed by atoms with van der Waals surface area (Å²) in [6.07, 6.45) is 4.74. The maximum Gasteiger partial charge on any atom is 0.305 e. The van der Waals surface area contributed by atoms with Gasteiger partial charge in [0.2, 0.25) is 0 Å². The van der Waals surface area contributed by atoms with Gasteiger partial charge in [-0.3, -0.25) is 14.6 Å². The molecule has 5 nitrogen and oxygen atoms in total. The van der Waals surface area contributed by atoms with Gasteiger partial charge in [0.25, 0.3) is 0 Å². The number of Topliss-reactive ketones (excluding diaryl/α,β-unsaturated/α-hetero) is 1. The van der Waals surface area contributed by atoms with Crippen LogP contribution in [0.3, 0.4) is 0 Å². The van der Waals surface area contributed by atoms with E-state index >= 15 is 0 Å². The second-order valence-corrected chi connectivity index (χ2v) is 4.17. The molecular weight excluding hydrogens is 246 g/mol. The Morgan fingerprint density at radius 2 is 2.05 bits per heavy atom. The van der Waals surface area contributed by atoms with E-state index in [2.05, 4.69) is 9.72 Å². The van der Waals surface area contributed by atoms with E-state index < -0.39 is 0 Å². The van der Waals surface area contributed by atoms with Crippen molar-refractivity contribution >= 4 is 11.8 Å². The van der Waals surface area contributed by atoms with Gasteiger partial charge >= 0.3 is 5.97 Å². The lowest BCUT2D eigenvalue weighted by Gasteiger charge is -2.06. The van der Waals surface area contributed by atoms with Crippen LogP contribution in [-0.2, 0) is 20.7 Å². The molecule has 0 radical (unpaired) electrons. The summed E-state index contributed by atoms with van der Waals surface area (Å²) in [7, 11) is 1.31. The monoisotopic (exact) mass is 265 g/mol. The van der Waals surface area contributed by atoms with Crippen LogP contribution in [0.15, 0.2) is 18.5 Å². The smallest absolute Gasteiger partial charge is 0.305 e. The standard InChI is InChI=1S/C14H19NO4/c1-3-6-19-13-8-11(9-15-10-13)7-12(16)4-5-14(17)18-2/h8-10H,3-7H2,1-2H3. The number of carbonyl (C=O) groups is 2. The second-order valence-electron chi connectivity index (χ2n) is 4.17. The first-order chi connectivity index (χ1) is 9.15. The van der Waals surface area contributed by atoms with E-state index in [1.54, 1.807) is 18.5 Å². The van der Waals surface area contributed by atoms with Crippen LogP contribution in [0.25, 0.3) is 0 Å². The lowest BCUT2D eigenvalue weighted by atomic mass is 10.1. The fourth-order valence-corrected chi connectivity index (χ4v) is 1.52. The van der Waals surface area contributed by atoms with Gasteiger partial charge in [-0.1, -0.05) is 6.92 Å². The highest BCUT2D eigenvalue weighted by Gasteiger charge is 2.08. The van der Waals surface area contributed by atoms with Crippen molar-refractivity contribution in [1.29, 1.82) is 0 Å². The molecule has 1 rings (SSSR count). The Morgan fingerprint density at radius 3 is 2.74 bits per heavy atom. The van der Waals surface area contributed by atoms with E-state index in [0.717, 1.165) is 12.0 Å². The number of hydrogen-bond acceptors (Lipinski definition) is 5. The van der Waals surface area contributed by atoms with E-state index in [-0.39, 0.29) is 31.0 Å². The average Bonchev–Trinajstić information content (AvgIpc) is 2.43. The first-order valence-electron chi connectivity index (χ1n) is 6.31. The summed E-state index contributed by atoms with van der Waals surface area (Å²) in [4.78, 5) is 26.6. The Balaban J connectivity index is 2.47. The quantitative estimate of drug-likeness (QED) is 0.672. The number of aromatic nitrogens is 1. The summed E-state index contributed by atoms with van der Waals surface area (Å²) in [6.45, 7) is 2.65. The normalized spacial score (nSPS) is 10.0. The van der Waals surface area contributed by atoms with Crippen LogP contribution in [0.2, 0.25) is 0 Å². The third-order valence-electron chi connectivity index (χ3n) is 2.48. The SMILES string of the molecule is CCCOc1cncc(CC(=O)CCC(=O)OC)c1. The predicted molar refractivity (Wildman–Crippen MR) is 70.0 cm³/mol. The Hall–Kier alpha value is -1.91. The molecule has 0 aliphatic carbocycles. The van der Waals surface area contributed by atoms with Crippen LogP contribution in [0, 0.1) is 0 Å². The van der Waals surface area contributed by atoms with Crippen LogP contribution in [0.5, 0.6) is 5.75 Å². The van der Waals surface area contributed by atoms with Crippen LogP contribution >= 0.6 is 0 Å². The maximum absolute atomic E-state index is 11.7. The molecule has 0 saturated heterocycles. The molecule has 0 aromatic carbocycles. The number of hydrogen-bond donors (Lipinski definition) is 0. The minimum Gasteiger partial charge on any atom is -0.492 e. The highest BCUT2D eigenvalue weighted by atomic mass is 16.5. The molecule has 0 atom stereocenters.